The maximum absolute atomic E-state index is 12.7. The number of halogens is 1. The minimum Gasteiger partial charge on any atom is -0.381 e. The molecule has 4 nitrogen and oxygen atoms in total. The first-order valence-electron chi connectivity index (χ1n) is 7.78. The van der Waals surface area contributed by atoms with Gasteiger partial charge in [-0.2, -0.15) is 0 Å². The number of methoxy groups -OCH3 is 1. The van der Waals surface area contributed by atoms with Crippen LogP contribution in [0.1, 0.15) is 31.7 Å². The van der Waals surface area contributed by atoms with Crippen molar-refractivity contribution >= 4 is 17.5 Å². The molecular formula is C17H24ClNO3. The molecule has 1 N–H and O–H groups in total. The van der Waals surface area contributed by atoms with Crippen LogP contribution < -0.4 is 5.32 Å². The number of amides is 1. The molecule has 1 aromatic carbocycles. The van der Waals surface area contributed by atoms with Gasteiger partial charge < -0.3 is 14.8 Å². The van der Waals surface area contributed by atoms with Crippen LogP contribution >= 0.6 is 11.6 Å². The molecule has 1 amide bonds. The normalized spacial score (nSPS) is 18.7. The molecule has 0 spiro atoms. The summed E-state index contributed by atoms with van der Waals surface area (Å²) in [4.78, 5) is 12.7. The van der Waals surface area contributed by atoms with Crippen LogP contribution in [-0.4, -0.2) is 37.9 Å². The lowest BCUT2D eigenvalue weighted by atomic mass is 9.92. The van der Waals surface area contributed by atoms with E-state index in [9.17, 15) is 4.79 Å². The minimum absolute atomic E-state index is 0.0286. The molecule has 0 bridgehead atoms. The van der Waals surface area contributed by atoms with E-state index in [4.69, 9.17) is 21.1 Å². The Bertz CT molecular complexity index is 483. The predicted molar refractivity (Wildman–Crippen MR) is 87.2 cm³/mol. The van der Waals surface area contributed by atoms with E-state index in [1.165, 1.54) is 0 Å². The largest absolute Gasteiger partial charge is 0.381 e. The Labute approximate surface area is 137 Å². The molecule has 0 aromatic heterocycles. The van der Waals surface area contributed by atoms with Gasteiger partial charge in [0.05, 0.1) is 0 Å². The summed E-state index contributed by atoms with van der Waals surface area (Å²) in [5.74, 6) is -0.0286. The van der Waals surface area contributed by atoms with Gasteiger partial charge in [0, 0.05) is 44.2 Å². The lowest BCUT2D eigenvalue weighted by Crippen LogP contribution is -2.54. The van der Waals surface area contributed by atoms with Crippen LogP contribution in [0.15, 0.2) is 24.3 Å². The Kier molecular flexibility index (Phi) is 6.24. The van der Waals surface area contributed by atoms with Crippen LogP contribution in [0.25, 0.3) is 0 Å². The maximum atomic E-state index is 12.7. The van der Waals surface area contributed by atoms with Gasteiger partial charge >= 0.3 is 0 Å². The molecule has 0 radical (unpaired) electrons. The fourth-order valence-corrected chi connectivity index (χ4v) is 2.87. The number of carbonyl (C=O) groups excluding carboxylic acids is 1. The third-order valence-corrected chi connectivity index (χ3v) is 4.58. The van der Waals surface area contributed by atoms with Gasteiger partial charge in [0.2, 0.25) is 0 Å². The average molecular weight is 326 g/mol. The summed E-state index contributed by atoms with van der Waals surface area (Å²) in [6, 6.07) is 7.83. The zero-order chi connectivity index (χ0) is 16.0. The van der Waals surface area contributed by atoms with Crippen LogP contribution in [0, 0.1) is 0 Å². The van der Waals surface area contributed by atoms with Crippen LogP contribution in [0.2, 0.25) is 5.02 Å². The number of hydrogen-bond acceptors (Lipinski definition) is 3. The first kappa shape index (κ1) is 17.3. The summed E-state index contributed by atoms with van der Waals surface area (Å²) in [5.41, 5.74) is 0.418. The molecule has 22 heavy (non-hydrogen) atoms. The first-order valence-corrected chi connectivity index (χ1v) is 8.16. The fourth-order valence-electron chi connectivity index (χ4n) is 2.74. The quantitative estimate of drug-likeness (QED) is 0.874. The summed E-state index contributed by atoms with van der Waals surface area (Å²) in [6.07, 6.45) is 2.86. The Balaban J connectivity index is 1.99. The second kappa shape index (κ2) is 7.95. The van der Waals surface area contributed by atoms with Crippen molar-refractivity contribution in [3.8, 4) is 0 Å². The molecule has 1 atom stereocenters. The highest BCUT2D eigenvalue weighted by molar-refractivity contribution is 6.30. The molecule has 1 saturated heterocycles. The Morgan fingerprint density at radius 3 is 2.55 bits per heavy atom. The summed E-state index contributed by atoms with van der Waals surface area (Å²) < 4.78 is 10.9. The molecule has 5 heteroatoms. The highest BCUT2D eigenvalue weighted by Crippen LogP contribution is 2.25. The molecule has 2 rings (SSSR count). The van der Waals surface area contributed by atoms with Crippen molar-refractivity contribution in [3.63, 3.8) is 0 Å². The molecule has 1 aromatic rings. The second-order valence-corrected chi connectivity index (χ2v) is 6.16. The van der Waals surface area contributed by atoms with E-state index in [0.717, 1.165) is 23.4 Å². The van der Waals surface area contributed by atoms with Crippen LogP contribution in [0.5, 0.6) is 0 Å². The molecule has 0 saturated carbocycles. The molecule has 1 aliphatic heterocycles. The van der Waals surface area contributed by atoms with E-state index >= 15 is 0 Å². The zero-order valence-electron chi connectivity index (χ0n) is 13.2. The Hall–Kier alpha value is -1.10. The standard InChI is InChI=1S/C17H24ClNO3/c1-3-15(12-13-4-6-14(18)7-5-13)19-16(20)17(21-2)8-10-22-11-9-17/h4-7,15H,3,8-12H2,1-2H3,(H,19,20). The molecule has 1 heterocycles. The van der Waals surface area contributed by atoms with Gasteiger partial charge in [-0.1, -0.05) is 30.7 Å². The van der Waals surface area contributed by atoms with Crippen molar-refractivity contribution in [1.82, 2.24) is 5.32 Å². The van der Waals surface area contributed by atoms with Gasteiger partial charge in [0.15, 0.2) is 5.60 Å². The van der Waals surface area contributed by atoms with E-state index in [1.54, 1.807) is 7.11 Å². The minimum atomic E-state index is -0.744. The average Bonchev–Trinajstić information content (AvgIpc) is 2.56. The third kappa shape index (κ3) is 4.22. The number of benzene rings is 1. The number of nitrogens with one attached hydrogen (secondary N) is 1. The van der Waals surface area contributed by atoms with Crippen LogP contribution in [0.4, 0.5) is 0 Å². The highest BCUT2D eigenvalue weighted by Gasteiger charge is 2.40. The van der Waals surface area contributed by atoms with Gasteiger partial charge in [-0.25, -0.2) is 0 Å². The number of ether oxygens (including phenoxy) is 2. The number of rotatable bonds is 6. The summed E-state index contributed by atoms with van der Waals surface area (Å²) in [7, 11) is 1.60. The third-order valence-electron chi connectivity index (χ3n) is 4.33. The van der Waals surface area contributed by atoms with E-state index in [0.29, 0.717) is 26.1 Å². The summed E-state index contributed by atoms with van der Waals surface area (Å²) in [6.45, 7) is 3.20. The van der Waals surface area contributed by atoms with E-state index < -0.39 is 5.60 Å². The Morgan fingerprint density at radius 2 is 2.00 bits per heavy atom. The van der Waals surface area contributed by atoms with Crippen molar-refractivity contribution in [3.05, 3.63) is 34.9 Å². The number of carbonyl (C=O) groups is 1. The number of hydrogen-bond donors (Lipinski definition) is 1. The first-order chi connectivity index (χ1) is 10.6. The van der Waals surface area contributed by atoms with Crippen molar-refractivity contribution in [2.24, 2.45) is 0 Å². The summed E-state index contributed by atoms with van der Waals surface area (Å²) >= 11 is 5.91. The molecule has 122 valence electrons. The zero-order valence-corrected chi connectivity index (χ0v) is 14.0. The van der Waals surface area contributed by atoms with Gasteiger partial charge in [-0.3, -0.25) is 4.79 Å². The monoisotopic (exact) mass is 325 g/mol. The maximum Gasteiger partial charge on any atom is 0.252 e. The smallest absolute Gasteiger partial charge is 0.252 e. The van der Waals surface area contributed by atoms with Crippen molar-refractivity contribution in [1.29, 1.82) is 0 Å². The molecule has 1 fully saturated rings. The predicted octanol–water partition coefficient (Wildman–Crippen LogP) is 2.97. The highest BCUT2D eigenvalue weighted by atomic mass is 35.5. The van der Waals surface area contributed by atoms with Crippen molar-refractivity contribution in [2.45, 2.75) is 44.2 Å². The van der Waals surface area contributed by atoms with E-state index in [-0.39, 0.29) is 11.9 Å². The molecule has 1 aliphatic rings. The molecule has 0 aliphatic carbocycles. The van der Waals surface area contributed by atoms with Gasteiger partial charge in [-0.15, -0.1) is 0 Å². The fraction of sp³-hybridized carbons (Fsp3) is 0.588. The van der Waals surface area contributed by atoms with Crippen molar-refractivity contribution < 1.29 is 14.3 Å². The topological polar surface area (TPSA) is 47.6 Å². The van der Waals surface area contributed by atoms with Crippen LogP contribution in [0.3, 0.4) is 0 Å². The molecular weight excluding hydrogens is 302 g/mol. The van der Waals surface area contributed by atoms with E-state index in [2.05, 4.69) is 12.2 Å². The lowest BCUT2D eigenvalue weighted by Gasteiger charge is -2.35. The Morgan fingerprint density at radius 1 is 1.36 bits per heavy atom. The van der Waals surface area contributed by atoms with Gasteiger partial charge in [0.25, 0.3) is 5.91 Å². The van der Waals surface area contributed by atoms with Crippen LogP contribution in [-0.2, 0) is 20.7 Å². The van der Waals surface area contributed by atoms with Crippen molar-refractivity contribution in [2.75, 3.05) is 20.3 Å². The SMILES string of the molecule is CCC(Cc1ccc(Cl)cc1)NC(=O)C1(OC)CCOCC1. The van der Waals surface area contributed by atoms with Gasteiger partial charge in [0.1, 0.15) is 0 Å². The lowest BCUT2D eigenvalue weighted by molar-refractivity contribution is -0.155. The summed E-state index contributed by atoms with van der Waals surface area (Å²) in [5, 5.41) is 3.86. The van der Waals surface area contributed by atoms with E-state index in [1.807, 2.05) is 24.3 Å². The molecule has 1 unspecified atom stereocenters. The second-order valence-electron chi connectivity index (χ2n) is 5.72. The van der Waals surface area contributed by atoms with Gasteiger partial charge in [-0.05, 0) is 30.5 Å².